The maximum Gasteiger partial charge on any atom is 0.271 e. The summed E-state index contributed by atoms with van der Waals surface area (Å²) in [6.45, 7) is 1.69. The number of phenolic OH excluding ortho intramolecular Hbond substituents is 2. The summed E-state index contributed by atoms with van der Waals surface area (Å²) in [6.07, 6.45) is 0. The van der Waals surface area contributed by atoms with Crippen LogP contribution in [0.4, 0.5) is 0 Å². The zero-order chi connectivity index (χ0) is 16.3. The number of hydrazone groups is 1. The first kappa shape index (κ1) is 16.1. The molecule has 2 aromatic carbocycles. The number of amides is 1. The van der Waals surface area contributed by atoms with Gasteiger partial charge in [0.15, 0.2) is 5.75 Å². The van der Waals surface area contributed by atoms with Crippen LogP contribution in [-0.2, 0) is 0 Å². The molecule has 0 aromatic heterocycles. The Labute approximate surface area is 136 Å². The Balaban J connectivity index is 2.17. The van der Waals surface area contributed by atoms with E-state index < -0.39 is 5.91 Å². The first-order valence-electron chi connectivity index (χ1n) is 6.20. The van der Waals surface area contributed by atoms with Crippen LogP contribution in [0.25, 0.3) is 0 Å². The van der Waals surface area contributed by atoms with Crippen molar-refractivity contribution in [1.82, 2.24) is 5.43 Å². The van der Waals surface area contributed by atoms with Crippen molar-refractivity contribution in [2.75, 3.05) is 0 Å². The third-order valence-electron chi connectivity index (χ3n) is 2.87. The highest BCUT2D eigenvalue weighted by molar-refractivity contribution is 6.37. The summed E-state index contributed by atoms with van der Waals surface area (Å²) >= 11 is 11.5. The van der Waals surface area contributed by atoms with E-state index in [2.05, 4.69) is 10.5 Å². The van der Waals surface area contributed by atoms with Crippen molar-refractivity contribution in [2.24, 2.45) is 5.10 Å². The Morgan fingerprint density at radius 3 is 2.32 bits per heavy atom. The second-order valence-electron chi connectivity index (χ2n) is 4.48. The minimum absolute atomic E-state index is 0.0219. The average molecular weight is 339 g/mol. The molecule has 7 heteroatoms. The minimum atomic E-state index is -0.525. The van der Waals surface area contributed by atoms with E-state index in [1.807, 2.05) is 0 Å². The summed E-state index contributed by atoms with van der Waals surface area (Å²) in [5, 5.41) is 22.8. The number of aromatic hydroxyl groups is 2. The third-order valence-corrected chi connectivity index (χ3v) is 3.44. The molecule has 0 fully saturated rings. The van der Waals surface area contributed by atoms with Gasteiger partial charge in [0.2, 0.25) is 0 Å². The predicted octanol–water partition coefficient (Wildman–Crippen LogP) is 3.56. The molecule has 2 aromatic rings. The SMILES string of the molecule is CC(=NNC(=O)c1cc(Cl)c(O)c(Cl)c1)c1cccc(O)c1. The van der Waals surface area contributed by atoms with Crippen LogP contribution in [0, 0.1) is 0 Å². The minimum Gasteiger partial charge on any atom is -0.508 e. The van der Waals surface area contributed by atoms with E-state index in [0.717, 1.165) is 0 Å². The number of benzene rings is 2. The van der Waals surface area contributed by atoms with Crippen LogP contribution in [-0.4, -0.2) is 21.8 Å². The zero-order valence-electron chi connectivity index (χ0n) is 11.5. The fourth-order valence-electron chi connectivity index (χ4n) is 1.69. The number of carbonyl (C=O) groups excluding carboxylic acids is 1. The van der Waals surface area contributed by atoms with Crippen molar-refractivity contribution in [3.63, 3.8) is 0 Å². The van der Waals surface area contributed by atoms with E-state index in [4.69, 9.17) is 23.2 Å². The molecule has 5 nitrogen and oxygen atoms in total. The van der Waals surface area contributed by atoms with Crippen molar-refractivity contribution in [3.8, 4) is 11.5 Å². The molecule has 1 amide bonds. The van der Waals surface area contributed by atoms with Gasteiger partial charge in [-0.2, -0.15) is 5.10 Å². The maximum atomic E-state index is 12.0. The Morgan fingerprint density at radius 1 is 1.09 bits per heavy atom. The van der Waals surface area contributed by atoms with Gasteiger partial charge in [-0.3, -0.25) is 4.79 Å². The number of nitrogens with one attached hydrogen (secondary N) is 1. The molecule has 114 valence electrons. The number of halogens is 2. The summed E-state index contributed by atoms with van der Waals surface area (Å²) in [5.74, 6) is -0.696. The van der Waals surface area contributed by atoms with Crippen molar-refractivity contribution in [1.29, 1.82) is 0 Å². The van der Waals surface area contributed by atoms with Crippen molar-refractivity contribution in [2.45, 2.75) is 6.92 Å². The van der Waals surface area contributed by atoms with E-state index in [-0.39, 0.29) is 27.1 Å². The third kappa shape index (κ3) is 3.69. The molecule has 0 radical (unpaired) electrons. The van der Waals surface area contributed by atoms with Gasteiger partial charge in [0.1, 0.15) is 5.75 Å². The lowest BCUT2D eigenvalue weighted by Gasteiger charge is -2.06. The summed E-state index contributed by atoms with van der Waals surface area (Å²) in [7, 11) is 0. The van der Waals surface area contributed by atoms with Gasteiger partial charge < -0.3 is 10.2 Å². The fourth-order valence-corrected chi connectivity index (χ4v) is 2.18. The number of hydrogen-bond donors (Lipinski definition) is 3. The molecule has 0 aliphatic rings. The molecule has 0 saturated carbocycles. The molecule has 0 heterocycles. The summed E-state index contributed by atoms with van der Waals surface area (Å²) < 4.78 is 0. The second-order valence-corrected chi connectivity index (χ2v) is 5.29. The fraction of sp³-hybridized carbons (Fsp3) is 0.0667. The highest BCUT2D eigenvalue weighted by Gasteiger charge is 2.12. The molecule has 0 bridgehead atoms. The maximum absolute atomic E-state index is 12.0. The smallest absolute Gasteiger partial charge is 0.271 e. The number of carbonyl (C=O) groups is 1. The molecule has 22 heavy (non-hydrogen) atoms. The lowest BCUT2D eigenvalue weighted by molar-refractivity contribution is 0.0955. The van der Waals surface area contributed by atoms with Crippen LogP contribution >= 0.6 is 23.2 Å². The first-order valence-corrected chi connectivity index (χ1v) is 6.96. The zero-order valence-corrected chi connectivity index (χ0v) is 13.0. The van der Waals surface area contributed by atoms with Gasteiger partial charge in [-0.1, -0.05) is 35.3 Å². The number of phenols is 2. The van der Waals surface area contributed by atoms with Crippen LogP contribution in [0.3, 0.4) is 0 Å². The largest absolute Gasteiger partial charge is 0.508 e. The Bertz CT molecular complexity index is 737. The summed E-state index contributed by atoms with van der Waals surface area (Å²) in [6, 6.07) is 9.06. The number of nitrogens with zero attached hydrogens (tertiary/aromatic N) is 1. The van der Waals surface area contributed by atoms with Gasteiger partial charge in [0.05, 0.1) is 15.8 Å². The van der Waals surface area contributed by atoms with Gasteiger partial charge in [0, 0.05) is 11.1 Å². The normalized spacial score (nSPS) is 11.3. The van der Waals surface area contributed by atoms with Gasteiger partial charge in [0.25, 0.3) is 5.91 Å². The average Bonchev–Trinajstić information content (AvgIpc) is 2.49. The first-order chi connectivity index (χ1) is 10.4. The van der Waals surface area contributed by atoms with Crippen LogP contribution < -0.4 is 5.43 Å². The summed E-state index contributed by atoms with van der Waals surface area (Å²) in [4.78, 5) is 12.0. The van der Waals surface area contributed by atoms with Gasteiger partial charge in [-0.05, 0) is 31.2 Å². The van der Waals surface area contributed by atoms with Crippen molar-refractivity contribution in [3.05, 3.63) is 57.6 Å². The van der Waals surface area contributed by atoms with Crippen LogP contribution in [0.5, 0.6) is 11.5 Å². The van der Waals surface area contributed by atoms with Gasteiger partial charge in [-0.25, -0.2) is 5.43 Å². The van der Waals surface area contributed by atoms with Crippen molar-refractivity contribution < 1.29 is 15.0 Å². The van der Waals surface area contributed by atoms with Gasteiger partial charge in [-0.15, -0.1) is 0 Å². The molecular formula is C15H12Cl2N2O3. The topological polar surface area (TPSA) is 81.9 Å². The van der Waals surface area contributed by atoms with Crippen LogP contribution in [0.15, 0.2) is 41.5 Å². The van der Waals surface area contributed by atoms with E-state index in [1.54, 1.807) is 19.1 Å². The van der Waals surface area contributed by atoms with Crippen LogP contribution in [0.1, 0.15) is 22.8 Å². The Morgan fingerprint density at radius 2 is 1.73 bits per heavy atom. The van der Waals surface area contributed by atoms with E-state index in [0.29, 0.717) is 11.3 Å². The molecule has 3 N–H and O–H groups in total. The Kier molecular flexibility index (Phi) is 4.90. The number of hydrogen-bond acceptors (Lipinski definition) is 4. The highest BCUT2D eigenvalue weighted by Crippen LogP contribution is 2.32. The molecule has 0 unspecified atom stereocenters. The highest BCUT2D eigenvalue weighted by atomic mass is 35.5. The van der Waals surface area contributed by atoms with Crippen molar-refractivity contribution >= 4 is 34.8 Å². The van der Waals surface area contributed by atoms with E-state index >= 15 is 0 Å². The molecule has 0 atom stereocenters. The monoisotopic (exact) mass is 338 g/mol. The molecule has 0 aliphatic heterocycles. The molecule has 0 spiro atoms. The Hall–Kier alpha value is -2.24. The van der Waals surface area contributed by atoms with Crippen LogP contribution in [0.2, 0.25) is 10.0 Å². The molecule has 2 rings (SSSR count). The predicted molar refractivity (Wildman–Crippen MR) is 85.9 cm³/mol. The lowest BCUT2D eigenvalue weighted by atomic mass is 10.1. The second kappa shape index (κ2) is 6.68. The molecule has 0 aliphatic carbocycles. The quantitative estimate of drug-likeness (QED) is 0.591. The lowest BCUT2D eigenvalue weighted by Crippen LogP contribution is -2.19. The summed E-state index contributed by atoms with van der Waals surface area (Å²) in [5.41, 5.74) is 3.71. The number of rotatable bonds is 3. The van der Waals surface area contributed by atoms with Gasteiger partial charge >= 0.3 is 0 Å². The molecule has 0 saturated heterocycles. The van der Waals surface area contributed by atoms with E-state index in [9.17, 15) is 15.0 Å². The standard InChI is InChI=1S/C15H12Cl2N2O3/c1-8(9-3-2-4-11(20)5-9)18-19-15(22)10-6-12(16)14(21)13(17)7-10/h2-7,20-21H,1H3,(H,19,22). The molecular weight excluding hydrogens is 327 g/mol. The van der Waals surface area contributed by atoms with E-state index in [1.165, 1.54) is 24.3 Å².